The van der Waals surface area contributed by atoms with E-state index in [1.807, 2.05) is 44.9 Å². The molecular weight excluding hydrogens is 782 g/mol. The number of hydrogen-bond donors (Lipinski definition) is 2. The minimum Gasteiger partial charge on any atom is -0.444 e. The van der Waals surface area contributed by atoms with E-state index >= 15 is 0 Å². The van der Waals surface area contributed by atoms with Crippen LogP contribution in [-0.2, 0) is 22.7 Å². The minimum atomic E-state index is -4.62. The van der Waals surface area contributed by atoms with Gasteiger partial charge in [0.25, 0.3) is 0 Å². The van der Waals surface area contributed by atoms with Gasteiger partial charge < -0.3 is 24.6 Å². The van der Waals surface area contributed by atoms with Crippen molar-refractivity contribution in [2.24, 2.45) is 7.05 Å². The number of nitrogens with one attached hydrogen (secondary N) is 2. The molecule has 4 heterocycles. The Kier molecular flexibility index (Phi) is 12.7. The van der Waals surface area contributed by atoms with Gasteiger partial charge in [-0.2, -0.15) is 18.3 Å². The first-order chi connectivity index (χ1) is 28.0. The van der Waals surface area contributed by atoms with Crippen LogP contribution in [0.3, 0.4) is 0 Å². The molecule has 0 spiro atoms. The van der Waals surface area contributed by atoms with Crippen molar-refractivity contribution in [3.05, 3.63) is 59.8 Å². The standard InChI is InChI=1S/C42H55F3N10O5/c1-26(53-20-18-51(8)19-21-53)31-12-11-29(23-32(31)42(43,44)45)47-37(56)49-35-24-34(52(9)50-35)27-10-13-33-28(22-27)25-46-36(48-33)55(39(58)60-41(5,6)7)30-14-16-54(17-15-30)38(57)59-40(2,3)4/h10-13,22-26,30H,14-21H2,1-9H3,(H2,47,49,50,56). The Morgan fingerprint density at radius 3 is 2.15 bits per heavy atom. The molecule has 1 atom stereocenters. The number of rotatable bonds is 7. The van der Waals surface area contributed by atoms with Gasteiger partial charge in [0.1, 0.15) is 11.2 Å². The third kappa shape index (κ3) is 10.8. The Morgan fingerprint density at radius 2 is 1.52 bits per heavy atom. The zero-order valence-electron chi connectivity index (χ0n) is 35.7. The normalized spacial score (nSPS) is 16.7. The number of fused-ring (bicyclic) bond motifs is 1. The highest BCUT2D eigenvalue weighted by Gasteiger charge is 2.38. The smallest absolute Gasteiger partial charge is 0.417 e. The van der Waals surface area contributed by atoms with Crippen molar-refractivity contribution in [3.8, 4) is 11.3 Å². The third-order valence-corrected chi connectivity index (χ3v) is 10.4. The maximum absolute atomic E-state index is 14.3. The molecule has 2 aliphatic heterocycles. The number of carbonyl (C=O) groups is 3. The number of carbonyl (C=O) groups excluding carboxylic acids is 3. The van der Waals surface area contributed by atoms with Gasteiger partial charge in [0, 0.05) is 87.3 Å². The quantitative estimate of drug-likeness (QED) is 0.187. The fourth-order valence-electron chi connectivity index (χ4n) is 7.36. The number of anilines is 3. The van der Waals surface area contributed by atoms with Gasteiger partial charge in [-0.05, 0) is 98.2 Å². The number of benzene rings is 2. The fraction of sp³-hybridized carbons (Fsp3) is 0.524. The maximum Gasteiger partial charge on any atom is 0.417 e. The topological polar surface area (TPSA) is 150 Å². The van der Waals surface area contributed by atoms with Crippen molar-refractivity contribution in [2.75, 3.05) is 61.8 Å². The molecule has 0 radical (unpaired) electrons. The summed E-state index contributed by atoms with van der Waals surface area (Å²) in [6.07, 6.45) is -3.08. The van der Waals surface area contributed by atoms with Crippen LogP contribution in [0, 0.1) is 0 Å². The molecule has 0 saturated carbocycles. The predicted octanol–water partition coefficient (Wildman–Crippen LogP) is 8.14. The maximum atomic E-state index is 14.3. The molecule has 18 heteroatoms. The number of aromatic nitrogens is 4. The number of halogens is 3. The lowest BCUT2D eigenvalue weighted by molar-refractivity contribution is -0.138. The zero-order chi connectivity index (χ0) is 43.7. The Labute approximate surface area is 348 Å². The van der Waals surface area contributed by atoms with E-state index in [0.29, 0.717) is 55.6 Å². The third-order valence-electron chi connectivity index (χ3n) is 10.4. The van der Waals surface area contributed by atoms with E-state index in [4.69, 9.17) is 14.5 Å². The summed E-state index contributed by atoms with van der Waals surface area (Å²) in [6.45, 7) is 16.2. The number of nitrogens with zero attached hydrogens (tertiary/aromatic N) is 8. The first-order valence-corrected chi connectivity index (χ1v) is 20.1. The van der Waals surface area contributed by atoms with Gasteiger partial charge in [0.15, 0.2) is 5.82 Å². The average molecular weight is 837 g/mol. The number of alkyl halides is 3. The van der Waals surface area contributed by atoms with Gasteiger partial charge in [-0.25, -0.2) is 29.3 Å². The highest BCUT2D eigenvalue weighted by atomic mass is 19.4. The van der Waals surface area contributed by atoms with Crippen molar-refractivity contribution >= 4 is 46.6 Å². The number of hydrogen-bond acceptors (Lipinski definition) is 10. The molecule has 60 heavy (non-hydrogen) atoms. The van der Waals surface area contributed by atoms with Gasteiger partial charge in [0.05, 0.1) is 16.8 Å². The summed E-state index contributed by atoms with van der Waals surface area (Å²) in [7, 11) is 3.69. The number of urea groups is 1. The van der Waals surface area contributed by atoms with Crippen LogP contribution in [-0.4, -0.2) is 116 Å². The molecule has 2 fully saturated rings. The highest BCUT2D eigenvalue weighted by Crippen LogP contribution is 2.38. The Balaban J connectivity index is 1.16. The van der Waals surface area contributed by atoms with Crippen LogP contribution in [0.4, 0.5) is 45.0 Å². The fourth-order valence-corrected chi connectivity index (χ4v) is 7.36. The molecular formula is C42H55F3N10O5. The first-order valence-electron chi connectivity index (χ1n) is 20.1. The second-order valence-electron chi connectivity index (χ2n) is 17.4. The SMILES string of the molecule is CC(c1ccc(NC(=O)Nc2cc(-c3ccc4nc(N(C(=O)OC(C)(C)C)C5CCN(C(=O)OC(C)(C)C)CC5)ncc4c3)n(C)n2)cc1C(F)(F)F)N1CCN(C)CC1. The molecule has 2 aliphatic rings. The van der Waals surface area contributed by atoms with Gasteiger partial charge in [-0.3, -0.25) is 14.9 Å². The minimum absolute atomic E-state index is 0.00398. The molecule has 6 rings (SSSR count). The molecule has 2 N–H and O–H groups in total. The molecule has 2 aromatic carbocycles. The molecule has 4 amide bonds. The van der Waals surface area contributed by atoms with Crippen LogP contribution in [0.15, 0.2) is 48.7 Å². The van der Waals surface area contributed by atoms with E-state index in [2.05, 4.69) is 25.6 Å². The van der Waals surface area contributed by atoms with E-state index < -0.39 is 47.2 Å². The van der Waals surface area contributed by atoms with E-state index in [0.717, 1.165) is 24.7 Å². The van der Waals surface area contributed by atoms with E-state index in [-0.39, 0.29) is 29.1 Å². The van der Waals surface area contributed by atoms with Gasteiger partial charge >= 0.3 is 24.4 Å². The van der Waals surface area contributed by atoms with Gasteiger partial charge in [0.2, 0.25) is 5.95 Å². The number of amides is 4. The van der Waals surface area contributed by atoms with Crippen molar-refractivity contribution < 1.29 is 37.0 Å². The summed E-state index contributed by atoms with van der Waals surface area (Å²) in [6, 6.07) is 9.43. The zero-order valence-corrected chi connectivity index (χ0v) is 35.7. The van der Waals surface area contributed by atoms with Crippen molar-refractivity contribution in [3.63, 3.8) is 0 Å². The second kappa shape index (κ2) is 17.2. The molecule has 324 valence electrons. The van der Waals surface area contributed by atoms with Crippen LogP contribution >= 0.6 is 0 Å². The lowest BCUT2D eigenvalue weighted by atomic mass is 9.98. The molecule has 15 nitrogen and oxygen atoms in total. The summed E-state index contributed by atoms with van der Waals surface area (Å²) in [4.78, 5) is 56.0. The summed E-state index contributed by atoms with van der Waals surface area (Å²) >= 11 is 0. The number of piperazine rings is 1. The lowest BCUT2D eigenvalue weighted by Gasteiger charge is -2.38. The van der Waals surface area contributed by atoms with Gasteiger partial charge in [-0.1, -0.05) is 12.1 Å². The number of likely N-dealkylation sites (tertiary alicyclic amines) is 1. The summed E-state index contributed by atoms with van der Waals surface area (Å²) in [5.74, 6) is 0.346. The number of ether oxygens (including phenoxy) is 2. The molecule has 0 bridgehead atoms. The monoisotopic (exact) mass is 836 g/mol. The molecule has 1 unspecified atom stereocenters. The highest BCUT2D eigenvalue weighted by molar-refractivity contribution is 5.99. The summed E-state index contributed by atoms with van der Waals surface area (Å²) in [5, 5.41) is 10.2. The van der Waals surface area contributed by atoms with Crippen LogP contribution in [0.25, 0.3) is 22.2 Å². The largest absolute Gasteiger partial charge is 0.444 e. The van der Waals surface area contributed by atoms with Crippen molar-refractivity contribution in [1.82, 2.24) is 34.4 Å². The van der Waals surface area contributed by atoms with E-state index in [1.165, 1.54) is 17.0 Å². The Hall–Kier alpha value is -5.49. The number of piperidine rings is 1. The Morgan fingerprint density at radius 1 is 0.850 bits per heavy atom. The lowest BCUT2D eigenvalue weighted by Crippen LogP contribution is -2.51. The molecule has 4 aromatic rings. The predicted molar refractivity (Wildman–Crippen MR) is 223 cm³/mol. The van der Waals surface area contributed by atoms with Crippen LogP contribution in [0.2, 0.25) is 0 Å². The first kappa shape index (κ1) is 44.1. The van der Waals surface area contributed by atoms with E-state index in [1.54, 1.807) is 62.7 Å². The van der Waals surface area contributed by atoms with Gasteiger partial charge in [-0.15, -0.1) is 0 Å². The summed E-state index contributed by atoms with van der Waals surface area (Å²) in [5.41, 5.74) is -0.136. The number of likely N-dealkylation sites (N-methyl/N-ethyl adjacent to an activating group) is 1. The average Bonchev–Trinajstić information content (AvgIpc) is 3.52. The van der Waals surface area contributed by atoms with Crippen molar-refractivity contribution in [1.29, 1.82) is 0 Å². The van der Waals surface area contributed by atoms with E-state index in [9.17, 15) is 27.6 Å². The van der Waals surface area contributed by atoms with Crippen LogP contribution < -0.4 is 15.5 Å². The van der Waals surface area contributed by atoms with Crippen LogP contribution in [0.1, 0.15) is 78.5 Å². The Bertz CT molecular complexity index is 2200. The molecule has 2 saturated heterocycles. The summed E-state index contributed by atoms with van der Waals surface area (Å²) < 4.78 is 55.8. The number of aryl methyl sites for hydroxylation is 1. The van der Waals surface area contributed by atoms with Crippen LogP contribution in [0.5, 0.6) is 0 Å². The molecule has 2 aromatic heterocycles. The van der Waals surface area contributed by atoms with Crippen molar-refractivity contribution in [2.45, 2.75) is 90.8 Å². The second-order valence-corrected chi connectivity index (χ2v) is 17.4. The molecule has 0 aliphatic carbocycles.